The highest BCUT2D eigenvalue weighted by molar-refractivity contribution is 5.93. The molecule has 0 aromatic carbocycles. The highest BCUT2D eigenvalue weighted by atomic mass is 16.2. The van der Waals surface area contributed by atoms with Gasteiger partial charge in [0.1, 0.15) is 5.56 Å². The maximum absolute atomic E-state index is 11.5. The van der Waals surface area contributed by atoms with Gasteiger partial charge in [-0.15, -0.1) is 0 Å². The number of aromatic nitrogens is 1. The Bertz CT molecular complexity index is 373. The van der Waals surface area contributed by atoms with Crippen LogP contribution in [0.4, 0.5) is 0 Å². The van der Waals surface area contributed by atoms with Gasteiger partial charge in [0.15, 0.2) is 5.43 Å². The van der Waals surface area contributed by atoms with Crippen molar-refractivity contribution in [3.8, 4) is 0 Å². The highest BCUT2D eigenvalue weighted by Gasteiger charge is 2.07. The number of hydrogen-bond acceptors (Lipinski definition) is 3. The van der Waals surface area contributed by atoms with Crippen molar-refractivity contribution in [1.29, 1.82) is 0 Å². The largest absolute Gasteiger partial charge is 0.367 e. The van der Waals surface area contributed by atoms with E-state index in [0.29, 0.717) is 13.1 Å². The molecule has 0 aliphatic heterocycles. The standard InChI is InChI=1S/C10H15N3O2/c11-4-1-2-5-13-10(15)8-7-12-6-3-9(8)14/h3,6-7H,1-2,4-5,11H2,(H,12,14)(H,13,15). The minimum absolute atomic E-state index is 0.144. The number of pyridine rings is 1. The number of nitrogens with two attached hydrogens (primary N) is 1. The predicted molar refractivity (Wildman–Crippen MR) is 57.7 cm³/mol. The molecule has 0 bridgehead atoms. The first-order valence-corrected chi connectivity index (χ1v) is 4.91. The SMILES string of the molecule is NCCCCNC(=O)c1c[nH]ccc1=O. The summed E-state index contributed by atoms with van der Waals surface area (Å²) < 4.78 is 0. The minimum atomic E-state index is -0.339. The normalized spacial score (nSPS) is 9.93. The zero-order valence-corrected chi connectivity index (χ0v) is 8.45. The second kappa shape index (κ2) is 5.98. The maximum atomic E-state index is 11.5. The van der Waals surface area contributed by atoms with Gasteiger partial charge in [-0.05, 0) is 19.4 Å². The molecule has 5 nitrogen and oxygen atoms in total. The number of carbonyl (C=O) groups is 1. The van der Waals surface area contributed by atoms with Crippen LogP contribution in [0.15, 0.2) is 23.3 Å². The van der Waals surface area contributed by atoms with E-state index < -0.39 is 0 Å². The molecule has 0 fully saturated rings. The van der Waals surface area contributed by atoms with Gasteiger partial charge in [0, 0.05) is 25.0 Å². The van der Waals surface area contributed by atoms with Crippen LogP contribution < -0.4 is 16.5 Å². The fourth-order valence-electron chi connectivity index (χ4n) is 1.16. The smallest absolute Gasteiger partial charge is 0.256 e. The summed E-state index contributed by atoms with van der Waals surface area (Å²) in [6.07, 6.45) is 4.59. The summed E-state index contributed by atoms with van der Waals surface area (Å²) in [5.41, 5.74) is 5.18. The first kappa shape index (κ1) is 11.5. The van der Waals surface area contributed by atoms with E-state index >= 15 is 0 Å². The van der Waals surface area contributed by atoms with Gasteiger partial charge >= 0.3 is 0 Å². The average Bonchev–Trinajstić information content (AvgIpc) is 2.25. The monoisotopic (exact) mass is 209 g/mol. The van der Waals surface area contributed by atoms with Gasteiger partial charge in [-0.1, -0.05) is 0 Å². The third kappa shape index (κ3) is 3.55. The second-order valence-electron chi connectivity index (χ2n) is 3.17. The van der Waals surface area contributed by atoms with E-state index in [0.717, 1.165) is 12.8 Å². The Morgan fingerprint density at radius 2 is 2.27 bits per heavy atom. The summed E-state index contributed by atoms with van der Waals surface area (Å²) >= 11 is 0. The number of hydrogen-bond donors (Lipinski definition) is 3. The van der Waals surface area contributed by atoms with Crippen LogP contribution in [0.2, 0.25) is 0 Å². The molecule has 0 atom stereocenters. The number of rotatable bonds is 5. The van der Waals surface area contributed by atoms with Gasteiger partial charge in [-0.3, -0.25) is 9.59 Å². The van der Waals surface area contributed by atoms with Gasteiger partial charge in [0.05, 0.1) is 0 Å². The van der Waals surface area contributed by atoms with Gasteiger partial charge in [-0.2, -0.15) is 0 Å². The molecular formula is C10H15N3O2. The summed E-state index contributed by atoms with van der Waals surface area (Å²) in [6.45, 7) is 1.16. The van der Waals surface area contributed by atoms with E-state index in [4.69, 9.17) is 5.73 Å². The molecule has 0 saturated heterocycles. The van der Waals surface area contributed by atoms with Crippen LogP contribution >= 0.6 is 0 Å². The molecule has 82 valence electrons. The van der Waals surface area contributed by atoms with Gasteiger partial charge in [0.25, 0.3) is 5.91 Å². The van der Waals surface area contributed by atoms with E-state index in [1.165, 1.54) is 18.5 Å². The molecule has 1 heterocycles. The summed E-state index contributed by atoms with van der Waals surface area (Å²) in [5, 5.41) is 2.66. The summed E-state index contributed by atoms with van der Waals surface area (Å²) in [6, 6.07) is 1.33. The van der Waals surface area contributed by atoms with Crippen molar-refractivity contribution in [3.63, 3.8) is 0 Å². The second-order valence-corrected chi connectivity index (χ2v) is 3.17. The van der Waals surface area contributed by atoms with E-state index in [2.05, 4.69) is 10.3 Å². The van der Waals surface area contributed by atoms with Crippen molar-refractivity contribution in [2.45, 2.75) is 12.8 Å². The third-order valence-corrected chi connectivity index (χ3v) is 1.99. The van der Waals surface area contributed by atoms with Crippen LogP contribution in [0.1, 0.15) is 23.2 Å². The topological polar surface area (TPSA) is 88.0 Å². The predicted octanol–water partition coefficient (Wildman–Crippen LogP) is -0.156. The fraction of sp³-hybridized carbons (Fsp3) is 0.400. The van der Waals surface area contributed by atoms with E-state index in [-0.39, 0.29) is 16.9 Å². The summed E-state index contributed by atoms with van der Waals surface area (Å²) in [7, 11) is 0. The van der Waals surface area contributed by atoms with E-state index in [1.54, 1.807) is 0 Å². The average molecular weight is 209 g/mol. The molecule has 1 aromatic rings. The lowest BCUT2D eigenvalue weighted by atomic mass is 10.2. The molecule has 0 spiro atoms. The highest BCUT2D eigenvalue weighted by Crippen LogP contribution is 1.89. The molecule has 0 unspecified atom stereocenters. The van der Waals surface area contributed by atoms with E-state index in [1.807, 2.05) is 0 Å². The molecule has 0 saturated carbocycles. The van der Waals surface area contributed by atoms with Crippen molar-refractivity contribution >= 4 is 5.91 Å². The number of H-pyrrole nitrogens is 1. The quantitative estimate of drug-likeness (QED) is 0.589. The fourth-order valence-corrected chi connectivity index (χ4v) is 1.16. The third-order valence-electron chi connectivity index (χ3n) is 1.99. The van der Waals surface area contributed by atoms with Crippen molar-refractivity contribution in [2.24, 2.45) is 5.73 Å². The van der Waals surface area contributed by atoms with Crippen molar-refractivity contribution in [1.82, 2.24) is 10.3 Å². The molecule has 15 heavy (non-hydrogen) atoms. The van der Waals surface area contributed by atoms with Crippen LogP contribution in [0.25, 0.3) is 0 Å². The number of carbonyl (C=O) groups excluding carboxylic acids is 1. The van der Waals surface area contributed by atoms with Gasteiger partial charge in [0.2, 0.25) is 0 Å². The molecule has 1 amide bonds. The van der Waals surface area contributed by atoms with E-state index in [9.17, 15) is 9.59 Å². The maximum Gasteiger partial charge on any atom is 0.256 e. The first-order chi connectivity index (χ1) is 7.25. The van der Waals surface area contributed by atoms with Gasteiger partial charge in [-0.25, -0.2) is 0 Å². The van der Waals surface area contributed by atoms with Crippen LogP contribution in [0.3, 0.4) is 0 Å². The van der Waals surface area contributed by atoms with Crippen LogP contribution in [0.5, 0.6) is 0 Å². The minimum Gasteiger partial charge on any atom is -0.367 e. The Morgan fingerprint density at radius 1 is 1.47 bits per heavy atom. The number of aromatic amines is 1. The Balaban J connectivity index is 2.48. The van der Waals surface area contributed by atoms with Crippen molar-refractivity contribution < 1.29 is 4.79 Å². The molecule has 0 aliphatic rings. The molecule has 0 aliphatic carbocycles. The number of amides is 1. The van der Waals surface area contributed by atoms with Crippen molar-refractivity contribution in [3.05, 3.63) is 34.2 Å². The zero-order valence-electron chi connectivity index (χ0n) is 8.45. The molecule has 0 radical (unpaired) electrons. The Labute approximate surface area is 87.7 Å². The lowest BCUT2D eigenvalue weighted by Crippen LogP contribution is -2.29. The van der Waals surface area contributed by atoms with Crippen molar-refractivity contribution in [2.75, 3.05) is 13.1 Å². The molecule has 5 heteroatoms. The lowest BCUT2D eigenvalue weighted by Gasteiger charge is -2.03. The van der Waals surface area contributed by atoms with Crippen LogP contribution in [-0.4, -0.2) is 24.0 Å². The Morgan fingerprint density at radius 3 is 2.93 bits per heavy atom. The molecule has 1 aromatic heterocycles. The molecule has 1 rings (SSSR count). The first-order valence-electron chi connectivity index (χ1n) is 4.91. The summed E-state index contributed by atoms with van der Waals surface area (Å²) in [4.78, 5) is 25.4. The molecular weight excluding hydrogens is 194 g/mol. The number of nitrogens with one attached hydrogen (secondary N) is 2. The number of unbranched alkanes of at least 4 members (excludes halogenated alkanes) is 1. The Kier molecular flexibility index (Phi) is 4.56. The molecule has 4 N–H and O–H groups in total. The lowest BCUT2D eigenvalue weighted by molar-refractivity contribution is 0.0951. The van der Waals surface area contributed by atoms with Crippen LogP contribution in [-0.2, 0) is 0 Å². The van der Waals surface area contributed by atoms with Gasteiger partial charge < -0.3 is 16.0 Å². The Hall–Kier alpha value is -1.62. The van der Waals surface area contributed by atoms with Crippen LogP contribution in [0, 0.1) is 0 Å². The zero-order chi connectivity index (χ0) is 11.1. The summed E-state index contributed by atoms with van der Waals surface area (Å²) in [5.74, 6) is -0.339.